The van der Waals surface area contributed by atoms with Crippen LogP contribution in [-0.2, 0) is 0 Å². The van der Waals surface area contributed by atoms with E-state index < -0.39 is 0 Å². The first-order chi connectivity index (χ1) is 7.68. The van der Waals surface area contributed by atoms with E-state index in [0.717, 1.165) is 6.07 Å². The number of carbonyl (C=O) groups is 1. The average molecular weight is 213 g/mol. The minimum Gasteiger partial charge on any atom is -0.508 e. The number of benzene rings is 2. The quantitative estimate of drug-likeness (QED) is 0.751. The van der Waals surface area contributed by atoms with Gasteiger partial charge in [-0.25, -0.2) is 0 Å². The van der Waals surface area contributed by atoms with Gasteiger partial charge in [0.05, 0.1) is 5.56 Å². The van der Waals surface area contributed by atoms with E-state index in [1.54, 1.807) is 24.3 Å². The van der Waals surface area contributed by atoms with Gasteiger partial charge in [-0.15, -0.1) is 0 Å². The Bertz CT molecular complexity index is 518. The Labute approximate surface area is 92.6 Å². The normalized spacial score (nSPS) is 10.0. The standard InChI is InChI=1S/C13H9O3/c14-10-6-7-11(12(15)8-10)13(16)9-4-2-1-3-5-9/h1-2,4-8,14-15H. The van der Waals surface area contributed by atoms with E-state index in [1.165, 1.54) is 12.1 Å². The van der Waals surface area contributed by atoms with Crippen molar-refractivity contribution in [1.29, 1.82) is 0 Å². The lowest BCUT2D eigenvalue weighted by molar-refractivity contribution is 0.103. The number of phenolic OH excluding ortho intramolecular Hbond substituents is 2. The summed E-state index contributed by atoms with van der Waals surface area (Å²) in [5.41, 5.74) is 0.612. The van der Waals surface area contributed by atoms with Crippen LogP contribution in [0, 0.1) is 6.07 Å². The number of phenols is 2. The maximum Gasteiger partial charge on any atom is 0.196 e. The summed E-state index contributed by atoms with van der Waals surface area (Å²) in [5.74, 6) is -0.600. The van der Waals surface area contributed by atoms with Crippen molar-refractivity contribution in [2.75, 3.05) is 0 Å². The van der Waals surface area contributed by atoms with E-state index in [1.807, 2.05) is 0 Å². The van der Waals surface area contributed by atoms with Crippen molar-refractivity contribution in [2.24, 2.45) is 0 Å². The largest absolute Gasteiger partial charge is 0.508 e. The Hall–Kier alpha value is -2.29. The first-order valence-corrected chi connectivity index (χ1v) is 4.71. The van der Waals surface area contributed by atoms with Gasteiger partial charge in [-0.3, -0.25) is 4.79 Å². The molecule has 79 valence electrons. The Balaban J connectivity index is 2.42. The molecule has 2 rings (SSSR count). The van der Waals surface area contributed by atoms with Crippen LogP contribution in [0.25, 0.3) is 0 Å². The molecule has 0 fully saturated rings. The molecule has 16 heavy (non-hydrogen) atoms. The van der Waals surface area contributed by atoms with E-state index in [-0.39, 0.29) is 22.8 Å². The number of carbonyl (C=O) groups excluding carboxylic acids is 1. The van der Waals surface area contributed by atoms with Crippen molar-refractivity contribution >= 4 is 5.78 Å². The number of rotatable bonds is 2. The second-order valence-electron chi connectivity index (χ2n) is 3.32. The molecule has 2 N–H and O–H groups in total. The van der Waals surface area contributed by atoms with Crippen LogP contribution in [0.15, 0.2) is 42.5 Å². The van der Waals surface area contributed by atoms with Crippen molar-refractivity contribution in [3.63, 3.8) is 0 Å². The number of ketones is 1. The predicted octanol–water partition coefficient (Wildman–Crippen LogP) is 2.13. The van der Waals surface area contributed by atoms with Crippen molar-refractivity contribution in [2.45, 2.75) is 0 Å². The van der Waals surface area contributed by atoms with Gasteiger partial charge in [0.2, 0.25) is 0 Å². The first-order valence-electron chi connectivity index (χ1n) is 4.71. The molecule has 0 bridgehead atoms. The Morgan fingerprint density at radius 1 is 1.19 bits per heavy atom. The van der Waals surface area contributed by atoms with Crippen LogP contribution in [0.4, 0.5) is 0 Å². The van der Waals surface area contributed by atoms with Crippen LogP contribution in [0.2, 0.25) is 0 Å². The van der Waals surface area contributed by atoms with E-state index in [2.05, 4.69) is 6.07 Å². The summed E-state index contributed by atoms with van der Waals surface area (Å²) < 4.78 is 0. The smallest absolute Gasteiger partial charge is 0.196 e. The molecule has 3 nitrogen and oxygen atoms in total. The lowest BCUT2D eigenvalue weighted by atomic mass is 10.0. The monoisotopic (exact) mass is 213 g/mol. The number of hydrogen-bond donors (Lipinski definition) is 2. The SMILES string of the molecule is O=C(c1c[c]ccc1)c1ccc(O)cc1O. The zero-order chi connectivity index (χ0) is 11.5. The van der Waals surface area contributed by atoms with E-state index >= 15 is 0 Å². The highest BCUT2D eigenvalue weighted by atomic mass is 16.3. The van der Waals surface area contributed by atoms with Gasteiger partial charge in [-0.05, 0) is 24.3 Å². The van der Waals surface area contributed by atoms with Crippen LogP contribution >= 0.6 is 0 Å². The summed E-state index contributed by atoms with van der Waals surface area (Å²) in [7, 11) is 0. The van der Waals surface area contributed by atoms with Gasteiger partial charge in [0.15, 0.2) is 5.78 Å². The number of aromatic hydroxyl groups is 2. The van der Waals surface area contributed by atoms with Gasteiger partial charge in [-0.2, -0.15) is 0 Å². The van der Waals surface area contributed by atoms with Crippen LogP contribution in [0.3, 0.4) is 0 Å². The van der Waals surface area contributed by atoms with Crippen molar-refractivity contribution < 1.29 is 15.0 Å². The fourth-order valence-corrected chi connectivity index (χ4v) is 1.40. The van der Waals surface area contributed by atoms with Crippen molar-refractivity contribution in [3.05, 3.63) is 59.7 Å². The van der Waals surface area contributed by atoms with Gasteiger partial charge in [0.1, 0.15) is 11.5 Å². The maximum absolute atomic E-state index is 11.9. The second-order valence-corrected chi connectivity index (χ2v) is 3.32. The van der Waals surface area contributed by atoms with Gasteiger partial charge in [0, 0.05) is 11.6 Å². The molecule has 0 aromatic heterocycles. The van der Waals surface area contributed by atoms with E-state index in [9.17, 15) is 9.90 Å². The molecule has 0 aliphatic rings. The molecule has 2 aromatic rings. The van der Waals surface area contributed by atoms with Gasteiger partial charge < -0.3 is 10.2 Å². The highest BCUT2D eigenvalue weighted by molar-refractivity contribution is 6.10. The fourth-order valence-electron chi connectivity index (χ4n) is 1.40. The average Bonchev–Trinajstić information content (AvgIpc) is 2.29. The summed E-state index contributed by atoms with van der Waals surface area (Å²) in [6.45, 7) is 0. The molecule has 2 aromatic carbocycles. The molecule has 3 heteroatoms. The highest BCUT2D eigenvalue weighted by Gasteiger charge is 2.13. The van der Waals surface area contributed by atoms with Crippen LogP contribution in [-0.4, -0.2) is 16.0 Å². The maximum atomic E-state index is 11.9. The van der Waals surface area contributed by atoms with Crippen molar-refractivity contribution in [3.8, 4) is 11.5 Å². The summed E-state index contributed by atoms with van der Waals surface area (Å²) >= 11 is 0. The molecule has 0 saturated carbocycles. The fraction of sp³-hybridized carbons (Fsp3) is 0. The Morgan fingerprint density at radius 3 is 2.62 bits per heavy atom. The molecule has 0 spiro atoms. The van der Waals surface area contributed by atoms with Crippen molar-refractivity contribution in [1.82, 2.24) is 0 Å². The third-order valence-corrected chi connectivity index (χ3v) is 2.20. The molecule has 0 saturated heterocycles. The molecule has 0 unspecified atom stereocenters. The minimum absolute atomic E-state index is 0.0753. The van der Waals surface area contributed by atoms with Crippen LogP contribution in [0.5, 0.6) is 11.5 Å². The molecule has 0 amide bonds. The van der Waals surface area contributed by atoms with Crippen LogP contribution in [0.1, 0.15) is 15.9 Å². The van der Waals surface area contributed by atoms with Gasteiger partial charge in [0.25, 0.3) is 0 Å². The molecule has 0 aliphatic carbocycles. The first kappa shape index (κ1) is 10.2. The molecular weight excluding hydrogens is 204 g/mol. The third kappa shape index (κ3) is 1.88. The Kier molecular flexibility index (Phi) is 2.60. The molecule has 0 heterocycles. The zero-order valence-electron chi connectivity index (χ0n) is 8.34. The summed E-state index contributed by atoms with van der Waals surface area (Å²) in [4.78, 5) is 11.9. The summed E-state index contributed by atoms with van der Waals surface area (Å²) in [5, 5.41) is 18.6. The topological polar surface area (TPSA) is 57.5 Å². The molecule has 0 atom stereocenters. The Morgan fingerprint density at radius 2 is 2.00 bits per heavy atom. The summed E-state index contributed by atoms with van der Waals surface area (Å²) in [6.07, 6.45) is 0. The van der Waals surface area contributed by atoms with E-state index in [4.69, 9.17) is 5.11 Å². The predicted molar refractivity (Wildman–Crippen MR) is 58.5 cm³/mol. The summed E-state index contributed by atoms with van der Waals surface area (Å²) in [6, 6.07) is 13.3. The van der Waals surface area contributed by atoms with E-state index in [0.29, 0.717) is 5.56 Å². The molecule has 0 aliphatic heterocycles. The zero-order valence-corrected chi connectivity index (χ0v) is 8.34. The second kappa shape index (κ2) is 4.06. The number of hydrogen-bond acceptors (Lipinski definition) is 3. The molecule has 1 radical (unpaired) electrons. The molecular formula is C13H9O3. The highest BCUT2D eigenvalue weighted by Crippen LogP contribution is 2.24. The van der Waals surface area contributed by atoms with Gasteiger partial charge >= 0.3 is 0 Å². The lowest BCUT2D eigenvalue weighted by Crippen LogP contribution is -2.00. The third-order valence-electron chi connectivity index (χ3n) is 2.20. The lowest BCUT2D eigenvalue weighted by Gasteiger charge is -2.03. The van der Waals surface area contributed by atoms with Gasteiger partial charge in [-0.1, -0.05) is 18.2 Å². The minimum atomic E-state index is -0.297. The van der Waals surface area contributed by atoms with Crippen LogP contribution < -0.4 is 0 Å².